The fraction of sp³-hybridized carbons (Fsp3) is 0.565. The predicted octanol–water partition coefficient (Wildman–Crippen LogP) is 4.02. The van der Waals surface area contributed by atoms with Gasteiger partial charge in [-0.25, -0.2) is 9.98 Å². The number of thiazole rings is 1. The molecule has 1 unspecified atom stereocenters. The molecular weight excluding hydrogens is 537 g/mol. The van der Waals surface area contributed by atoms with Gasteiger partial charge in [0.25, 0.3) is 0 Å². The number of ether oxygens (including phenoxy) is 2. The van der Waals surface area contributed by atoms with Crippen molar-refractivity contribution in [3.8, 4) is 5.75 Å². The third-order valence-electron chi connectivity index (χ3n) is 5.33. The van der Waals surface area contributed by atoms with Crippen molar-refractivity contribution in [1.29, 1.82) is 0 Å². The summed E-state index contributed by atoms with van der Waals surface area (Å²) in [5, 5.41) is 10.1. The van der Waals surface area contributed by atoms with E-state index in [2.05, 4.69) is 53.8 Å². The minimum atomic E-state index is 0. The molecule has 1 aliphatic heterocycles. The van der Waals surface area contributed by atoms with E-state index < -0.39 is 0 Å². The van der Waals surface area contributed by atoms with E-state index in [1.54, 1.807) is 18.4 Å². The van der Waals surface area contributed by atoms with Crippen LogP contribution in [-0.4, -0.2) is 62.3 Å². The monoisotopic (exact) mass is 573 g/mol. The van der Waals surface area contributed by atoms with Crippen LogP contribution < -0.4 is 15.4 Å². The topological polar surface area (TPSA) is 71.0 Å². The molecule has 9 heteroatoms. The molecule has 1 atom stereocenters. The molecule has 1 saturated heterocycles. The van der Waals surface area contributed by atoms with Crippen molar-refractivity contribution >= 4 is 41.3 Å². The van der Waals surface area contributed by atoms with Gasteiger partial charge in [-0.05, 0) is 30.5 Å². The van der Waals surface area contributed by atoms with Crippen LogP contribution in [0.5, 0.6) is 5.75 Å². The van der Waals surface area contributed by atoms with Gasteiger partial charge in [0.1, 0.15) is 10.8 Å². The highest BCUT2D eigenvalue weighted by molar-refractivity contribution is 14.0. The number of halogens is 1. The molecule has 1 aromatic carbocycles. The highest BCUT2D eigenvalue weighted by Gasteiger charge is 2.23. The van der Waals surface area contributed by atoms with Gasteiger partial charge in [0.15, 0.2) is 5.96 Å². The molecule has 0 amide bonds. The summed E-state index contributed by atoms with van der Waals surface area (Å²) in [6, 6.07) is 8.57. The highest BCUT2D eigenvalue weighted by Crippen LogP contribution is 2.24. The molecule has 1 fully saturated rings. The van der Waals surface area contributed by atoms with Crippen molar-refractivity contribution < 1.29 is 9.47 Å². The van der Waals surface area contributed by atoms with Crippen LogP contribution in [0.4, 0.5) is 0 Å². The molecule has 178 valence electrons. The van der Waals surface area contributed by atoms with Crippen LogP contribution in [0, 0.1) is 0 Å². The minimum Gasteiger partial charge on any atom is -0.497 e. The molecule has 2 aromatic rings. The first-order chi connectivity index (χ1) is 15.1. The van der Waals surface area contributed by atoms with Crippen LogP contribution in [-0.2, 0) is 11.3 Å². The van der Waals surface area contributed by atoms with Gasteiger partial charge in [-0.1, -0.05) is 26.0 Å². The number of rotatable bonds is 9. The molecular formula is C23H36IN5O2S. The lowest BCUT2D eigenvalue weighted by molar-refractivity contribution is 0.0170. The zero-order valence-corrected chi connectivity index (χ0v) is 22.6. The fourth-order valence-electron chi connectivity index (χ4n) is 3.52. The average Bonchev–Trinajstić information content (AvgIpc) is 3.28. The van der Waals surface area contributed by atoms with Crippen LogP contribution in [0.2, 0.25) is 0 Å². The molecule has 3 rings (SSSR count). The van der Waals surface area contributed by atoms with E-state index in [1.807, 2.05) is 12.1 Å². The van der Waals surface area contributed by atoms with Crippen molar-refractivity contribution in [3.63, 3.8) is 0 Å². The molecule has 0 saturated carbocycles. The average molecular weight is 574 g/mol. The van der Waals surface area contributed by atoms with Crippen LogP contribution in [0.25, 0.3) is 0 Å². The minimum absolute atomic E-state index is 0. The van der Waals surface area contributed by atoms with Gasteiger partial charge in [0.05, 0.1) is 38.6 Å². The molecule has 2 heterocycles. The molecule has 0 aliphatic carbocycles. The molecule has 1 aromatic heterocycles. The summed E-state index contributed by atoms with van der Waals surface area (Å²) >= 11 is 1.68. The Labute approximate surface area is 213 Å². The first-order valence-electron chi connectivity index (χ1n) is 11.0. The molecule has 0 spiro atoms. The second-order valence-corrected chi connectivity index (χ2v) is 8.78. The first-order valence-corrected chi connectivity index (χ1v) is 11.9. The van der Waals surface area contributed by atoms with Crippen molar-refractivity contribution in [2.24, 2.45) is 4.99 Å². The van der Waals surface area contributed by atoms with Crippen LogP contribution in [0.15, 0.2) is 34.6 Å². The highest BCUT2D eigenvalue weighted by atomic mass is 127. The Hall–Kier alpha value is -1.43. The summed E-state index contributed by atoms with van der Waals surface area (Å²) in [7, 11) is 1.70. The van der Waals surface area contributed by atoms with Gasteiger partial charge in [0, 0.05) is 31.6 Å². The SMILES string of the molecule is CCNC(=NCc1nc(C(C)C)cs1)NCC(c1ccc(OC)cc1)N1CCOCC1.I. The lowest BCUT2D eigenvalue weighted by atomic mass is 10.0. The third-order valence-corrected chi connectivity index (χ3v) is 6.18. The number of guanidine groups is 1. The number of methoxy groups -OCH3 is 1. The Morgan fingerprint density at radius 3 is 2.53 bits per heavy atom. The Kier molecular flexibility index (Phi) is 11.7. The summed E-state index contributed by atoms with van der Waals surface area (Å²) in [5.41, 5.74) is 2.40. The molecule has 0 bridgehead atoms. The van der Waals surface area contributed by atoms with Crippen molar-refractivity contribution in [2.75, 3.05) is 46.5 Å². The maximum Gasteiger partial charge on any atom is 0.191 e. The second kappa shape index (κ2) is 14.0. The van der Waals surface area contributed by atoms with Gasteiger partial charge in [-0.3, -0.25) is 4.90 Å². The molecule has 2 N–H and O–H groups in total. The van der Waals surface area contributed by atoms with E-state index in [0.29, 0.717) is 12.5 Å². The Balaban J connectivity index is 0.00000363. The zero-order chi connectivity index (χ0) is 22.1. The standard InChI is InChI=1S/C23H35N5O2S.HI/c1-5-24-23(26-15-22-27-20(16-31-22)17(2)3)25-14-21(28-10-12-30-13-11-28)18-6-8-19(29-4)9-7-18;/h6-9,16-17,21H,5,10-15H2,1-4H3,(H2,24,25,26);1H. The zero-order valence-electron chi connectivity index (χ0n) is 19.5. The normalized spacial score (nSPS) is 15.8. The number of morpholine rings is 1. The first kappa shape index (κ1) is 26.8. The summed E-state index contributed by atoms with van der Waals surface area (Å²) < 4.78 is 10.9. The summed E-state index contributed by atoms with van der Waals surface area (Å²) in [5.74, 6) is 2.13. The maximum atomic E-state index is 5.57. The number of aromatic nitrogens is 1. The van der Waals surface area contributed by atoms with Crippen LogP contribution >= 0.6 is 35.3 Å². The second-order valence-electron chi connectivity index (χ2n) is 7.83. The van der Waals surface area contributed by atoms with Gasteiger partial charge in [-0.2, -0.15) is 0 Å². The van der Waals surface area contributed by atoms with E-state index in [4.69, 9.17) is 19.5 Å². The van der Waals surface area contributed by atoms with Crippen LogP contribution in [0.3, 0.4) is 0 Å². The van der Waals surface area contributed by atoms with Gasteiger partial charge >= 0.3 is 0 Å². The van der Waals surface area contributed by atoms with Gasteiger partial charge in [0.2, 0.25) is 0 Å². The van der Waals surface area contributed by atoms with E-state index in [-0.39, 0.29) is 30.0 Å². The van der Waals surface area contributed by atoms with E-state index >= 15 is 0 Å². The lowest BCUT2D eigenvalue weighted by Crippen LogP contribution is -2.46. The summed E-state index contributed by atoms with van der Waals surface area (Å²) in [4.78, 5) is 11.9. The van der Waals surface area contributed by atoms with Gasteiger partial charge in [-0.15, -0.1) is 35.3 Å². The Morgan fingerprint density at radius 2 is 1.94 bits per heavy atom. The van der Waals surface area contributed by atoms with Crippen LogP contribution in [0.1, 0.15) is 49.0 Å². The quantitative estimate of drug-likeness (QED) is 0.269. The number of aliphatic imine (C=N–C) groups is 1. The van der Waals surface area contributed by atoms with Crippen molar-refractivity contribution in [3.05, 3.63) is 45.9 Å². The Bertz CT molecular complexity index is 822. The third kappa shape index (κ3) is 7.86. The fourth-order valence-corrected chi connectivity index (χ4v) is 4.40. The number of nitrogens with zero attached hydrogens (tertiary/aromatic N) is 3. The van der Waals surface area contributed by atoms with E-state index in [0.717, 1.165) is 61.8 Å². The van der Waals surface area contributed by atoms with Crippen molar-refractivity contribution in [1.82, 2.24) is 20.5 Å². The predicted molar refractivity (Wildman–Crippen MR) is 143 cm³/mol. The number of nitrogens with one attached hydrogen (secondary N) is 2. The Morgan fingerprint density at radius 1 is 1.22 bits per heavy atom. The summed E-state index contributed by atoms with van der Waals surface area (Å²) in [6.07, 6.45) is 0. The van der Waals surface area contributed by atoms with E-state index in [9.17, 15) is 0 Å². The lowest BCUT2D eigenvalue weighted by Gasteiger charge is -2.35. The number of hydrogen-bond donors (Lipinski definition) is 2. The van der Waals surface area contributed by atoms with E-state index in [1.165, 1.54) is 5.56 Å². The number of hydrogen-bond acceptors (Lipinski definition) is 6. The smallest absolute Gasteiger partial charge is 0.191 e. The molecule has 0 radical (unpaired) electrons. The maximum absolute atomic E-state index is 5.57. The largest absolute Gasteiger partial charge is 0.497 e. The summed E-state index contributed by atoms with van der Waals surface area (Å²) in [6.45, 7) is 11.9. The van der Waals surface area contributed by atoms with Gasteiger partial charge < -0.3 is 20.1 Å². The molecule has 32 heavy (non-hydrogen) atoms. The van der Waals surface area contributed by atoms with Crippen molar-refractivity contribution in [2.45, 2.75) is 39.3 Å². The molecule has 7 nitrogen and oxygen atoms in total. The molecule has 1 aliphatic rings. The number of benzene rings is 1.